The molecule has 1 atom stereocenters. The van der Waals surface area contributed by atoms with E-state index < -0.39 is 6.04 Å². The van der Waals surface area contributed by atoms with E-state index >= 15 is 0 Å². The number of nitrogens with two attached hydrogens (primary N) is 1. The smallest absolute Gasteiger partial charge is 0.323 e. The minimum Gasteiger partial charge on any atom is -0.460 e. The summed E-state index contributed by atoms with van der Waals surface area (Å²) in [4.78, 5) is 11.4. The predicted molar refractivity (Wildman–Crippen MR) is 55.7 cm³/mol. The molecule has 0 unspecified atom stereocenters. The summed E-state index contributed by atoms with van der Waals surface area (Å²) in [6, 6.07) is -0.435. The Hall–Kier alpha value is -0.830. The average Bonchev–Trinajstić information content (AvgIpc) is 2.26. The number of hydrogen-bond donors (Lipinski definition) is 1. The van der Waals surface area contributed by atoms with Gasteiger partial charge in [-0.2, -0.15) is 0 Å². The van der Waals surface area contributed by atoms with E-state index in [1.807, 2.05) is 0 Å². The Morgan fingerprint density at radius 1 is 1.50 bits per heavy atom. The van der Waals surface area contributed by atoms with Gasteiger partial charge in [0.1, 0.15) is 12.6 Å². The van der Waals surface area contributed by atoms with Gasteiger partial charge >= 0.3 is 5.97 Å². The molecule has 0 spiro atoms. The molecule has 14 heavy (non-hydrogen) atoms. The van der Waals surface area contributed by atoms with Gasteiger partial charge < -0.3 is 10.5 Å². The van der Waals surface area contributed by atoms with Gasteiger partial charge in [-0.05, 0) is 18.8 Å². The molecule has 80 valence electrons. The second kappa shape index (κ2) is 5.81. The summed E-state index contributed by atoms with van der Waals surface area (Å²) in [5.74, 6) is 0.0397. The molecule has 1 aliphatic carbocycles. The maximum Gasteiger partial charge on any atom is 0.323 e. The lowest BCUT2D eigenvalue weighted by Crippen LogP contribution is -2.40. The van der Waals surface area contributed by atoms with E-state index in [-0.39, 0.29) is 12.6 Å². The monoisotopic (exact) mass is 197 g/mol. The third-order valence-corrected chi connectivity index (χ3v) is 2.77. The van der Waals surface area contributed by atoms with E-state index in [1.54, 1.807) is 6.08 Å². The van der Waals surface area contributed by atoms with Crippen molar-refractivity contribution >= 4 is 5.97 Å². The standard InChI is InChI=1S/C11H19NO2/c1-2-8-14-11(13)10(12)9-6-4-3-5-7-9/h2,9-10H,1,3-8,12H2/t10-/m0/s1. The highest BCUT2D eigenvalue weighted by Gasteiger charge is 2.26. The highest BCUT2D eigenvalue weighted by Crippen LogP contribution is 2.25. The van der Waals surface area contributed by atoms with Crippen molar-refractivity contribution in [3.05, 3.63) is 12.7 Å². The topological polar surface area (TPSA) is 52.3 Å². The van der Waals surface area contributed by atoms with Crippen LogP contribution in [0.4, 0.5) is 0 Å². The van der Waals surface area contributed by atoms with Crippen LogP contribution < -0.4 is 5.73 Å². The largest absolute Gasteiger partial charge is 0.460 e. The summed E-state index contributed by atoms with van der Waals surface area (Å²) in [6.45, 7) is 3.75. The molecule has 0 aliphatic heterocycles. The number of carbonyl (C=O) groups is 1. The van der Waals surface area contributed by atoms with Gasteiger partial charge in [0.25, 0.3) is 0 Å². The van der Waals surface area contributed by atoms with Crippen LogP contribution in [0.1, 0.15) is 32.1 Å². The summed E-state index contributed by atoms with van der Waals surface area (Å²) >= 11 is 0. The molecule has 0 heterocycles. The SMILES string of the molecule is C=CCOC(=O)[C@@H](N)C1CCCCC1. The zero-order chi connectivity index (χ0) is 10.4. The van der Waals surface area contributed by atoms with Crippen LogP contribution in [0.2, 0.25) is 0 Å². The predicted octanol–water partition coefficient (Wildman–Crippen LogP) is 1.62. The summed E-state index contributed by atoms with van der Waals surface area (Å²) in [5.41, 5.74) is 5.82. The lowest BCUT2D eigenvalue weighted by molar-refractivity contribution is -0.145. The minimum absolute atomic E-state index is 0.263. The Bertz CT molecular complexity index is 197. The van der Waals surface area contributed by atoms with Crippen LogP contribution in [0.5, 0.6) is 0 Å². The first-order valence-electron chi connectivity index (χ1n) is 5.29. The summed E-state index contributed by atoms with van der Waals surface area (Å²) in [6.07, 6.45) is 7.32. The van der Waals surface area contributed by atoms with Crippen LogP contribution in [0.3, 0.4) is 0 Å². The fourth-order valence-electron chi connectivity index (χ4n) is 1.92. The molecule has 0 bridgehead atoms. The first-order chi connectivity index (χ1) is 6.75. The van der Waals surface area contributed by atoms with Gasteiger partial charge in [0.2, 0.25) is 0 Å². The molecule has 0 radical (unpaired) electrons. The van der Waals surface area contributed by atoms with Crippen LogP contribution in [-0.4, -0.2) is 18.6 Å². The third-order valence-electron chi connectivity index (χ3n) is 2.77. The third kappa shape index (κ3) is 3.14. The van der Waals surface area contributed by atoms with Gasteiger partial charge in [-0.3, -0.25) is 4.79 Å². The van der Waals surface area contributed by atoms with Crippen LogP contribution in [-0.2, 0) is 9.53 Å². The van der Waals surface area contributed by atoms with Crippen molar-refractivity contribution in [2.75, 3.05) is 6.61 Å². The molecule has 0 aromatic carbocycles. The Kier molecular flexibility index (Phi) is 4.66. The van der Waals surface area contributed by atoms with E-state index in [1.165, 1.54) is 19.3 Å². The second-order valence-electron chi connectivity index (χ2n) is 3.84. The van der Waals surface area contributed by atoms with Crippen LogP contribution in [0, 0.1) is 5.92 Å². The van der Waals surface area contributed by atoms with Gasteiger partial charge in [-0.15, -0.1) is 0 Å². The molecule has 0 saturated heterocycles. The highest BCUT2D eigenvalue weighted by molar-refractivity contribution is 5.75. The van der Waals surface area contributed by atoms with Gasteiger partial charge in [-0.25, -0.2) is 0 Å². The van der Waals surface area contributed by atoms with Crippen molar-refractivity contribution in [3.63, 3.8) is 0 Å². The molecule has 1 aliphatic rings. The van der Waals surface area contributed by atoms with Gasteiger partial charge in [0.15, 0.2) is 0 Å². The molecule has 1 fully saturated rings. The zero-order valence-electron chi connectivity index (χ0n) is 8.58. The number of rotatable bonds is 4. The molecule has 3 nitrogen and oxygen atoms in total. The van der Waals surface area contributed by atoms with E-state index in [0.29, 0.717) is 5.92 Å². The van der Waals surface area contributed by atoms with E-state index in [2.05, 4.69) is 6.58 Å². The van der Waals surface area contributed by atoms with E-state index in [9.17, 15) is 4.79 Å². The Morgan fingerprint density at radius 2 is 2.14 bits per heavy atom. The number of ether oxygens (including phenoxy) is 1. The molecule has 3 heteroatoms. The second-order valence-corrected chi connectivity index (χ2v) is 3.84. The van der Waals surface area contributed by atoms with Gasteiger partial charge in [-0.1, -0.05) is 31.9 Å². The van der Waals surface area contributed by atoms with Gasteiger partial charge in [0, 0.05) is 0 Å². The zero-order valence-corrected chi connectivity index (χ0v) is 8.58. The van der Waals surface area contributed by atoms with Crippen molar-refractivity contribution in [3.8, 4) is 0 Å². The number of carbonyl (C=O) groups excluding carboxylic acids is 1. The van der Waals surface area contributed by atoms with Crippen molar-refractivity contribution in [1.29, 1.82) is 0 Å². The number of hydrogen-bond acceptors (Lipinski definition) is 3. The summed E-state index contributed by atoms with van der Waals surface area (Å²) in [7, 11) is 0. The fourth-order valence-corrected chi connectivity index (χ4v) is 1.92. The lowest BCUT2D eigenvalue weighted by atomic mass is 9.84. The first kappa shape index (κ1) is 11.2. The van der Waals surface area contributed by atoms with E-state index in [0.717, 1.165) is 12.8 Å². The molecule has 0 aromatic heterocycles. The van der Waals surface area contributed by atoms with Crippen LogP contribution in [0.15, 0.2) is 12.7 Å². The average molecular weight is 197 g/mol. The molecular formula is C11H19NO2. The molecule has 1 saturated carbocycles. The minimum atomic E-state index is -0.435. The summed E-state index contributed by atoms with van der Waals surface area (Å²) < 4.78 is 4.92. The first-order valence-corrected chi connectivity index (χ1v) is 5.29. The maximum atomic E-state index is 11.4. The van der Waals surface area contributed by atoms with Crippen LogP contribution in [0.25, 0.3) is 0 Å². The molecule has 0 aromatic rings. The summed E-state index contributed by atoms with van der Waals surface area (Å²) in [5, 5.41) is 0. The van der Waals surface area contributed by atoms with Crippen molar-refractivity contribution in [2.45, 2.75) is 38.1 Å². The van der Waals surface area contributed by atoms with Crippen molar-refractivity contribution < 1.29 is 9.53 Å². The lowest BCUT2D eigenvalue weighted by Gasteiger charge is -2.25. The molecule has 2 N–H and O–H groups in total. The van der Waals surface area contributed by atoms with Crippen molar-refractivity contribution in [2.24, 2.45) is 11.7 Å². The molecular weight excluding hydrogens is 178 g/mol. The highest BCUT2D eigenvalue weighted by atomic mass is 16.5. The fraction of sp³-hybridized carbons (Fsp3) is 0.727. The Balaban J connectivity index is 2.33. The Labute approximate surface area is 85.3 Å². The van der Waals surface area contributed by atoms with Crippen molar-refractivity contribution in [1.82, 2.24) is 0 Å². The maximum absolute atomic E-state index is 11.4. The quantitative estimate of drug-likeness (QED) is 0.550. The Morgan fingerprint density at radius 3 is 2.71 bits per heavy atom. The van der Waals surface area contributed by atoms with E-state index in [4.69, 9.17) is 10.5 Å². The normalized spacial score (nSPS) is 20.1. The van der Waals surface area contributed by atoms with Crippen LogP contribution >= 0.6 is 0 Å². The van der Waals surface area contributed by atoms with Gasteiger partial charge in [0.05, 0.1) is 0 Å². The number of esters is 1. The molecule has 1 rings (SSSR count). The molecule has 0 amide bonds.